The number of alkyl carbamates (subject to hydrolysis) is 1. The molecule has 3 aromatic heterocycles. The Hall–Kier alpha value is -4.08. The number of carbonyl (C=O) groups is 1. The molecule has 30 heavy (non-hydrogen) atoms. The zero-order valence-corrected chi connectivity index (χ0v) is 16.2. The number of halogens is 1. The van der Waals surface area contributed by atoms with Crippen molar-refractivity contribution in [1.82, 2.24) is 30.5 Å². The molecule has 0 fully saturated rings. The molecule has 10 heteroatoms. The van der Waals surface area contributed by atoms with E-state index in [4.69, 9.17) is 4.74 Å². The first kappa shape index (κ1) is 19.2. The molecular formula is C20H18FN7O2. The van der Waals surface area contributed by atoms with Gasteiger partial charge in [0.25, 0.3) is 0 Å². The smallest absolute Gasteiger partial charge is 0.407 e. The predicted molar refractivity (Wildman–Crippen MR) is 108 cm³/mol. The number of fused-ring (bicyclic) bond motifs is 1. The fraction of sp³-hybridized carbons (Fsp3) is 0.150. The molecule has 0 aliphatic carbocycles. The fourth-order valence-corrected chi connectivity index (χ4v) is 2.93. The Labute approximate surface area is 170 Å². The summed E-state index contributed by atoms with van der Waals surface area (Å²) < 4.78 is 18.1. The maximum absolute atomic E-state index is 13.4. The average molecular weight is 407 g/mol. The summed E-state index contributed by atoms with van der Waals surface area (Å²) in [5, 5.41) is 13.6. The van der Waals surface area contributed by atoms with Crippen LogP contribution in [0.15, 0.2) is 48.7 Å². The van der Waals surface area contributed by atoms with E-state index in [9.17, 15) is 9.18 Å². The Morgan fingerprint density at radius 2 is 2.03 bits per heavy atom. The number of aromatic nitrogens is 5. The van der Waals surface area contributed by atoms with Crippen LogP contribution in [0.25, 0.3) is 10.9 Å². The number of hydrogen-bond donors (Lipinski definition) is 3. The second-order valence-electron chi connectivity index (χ2n) is 6.48. The SMILES string of the molecule is COC(=O)NC(c1ccc(F)cn1)c1nc(Nc2cc(C)[nH]n2)c2ccccc2n1. The standard InChI is InChI=1S/C20H18FN7O2/c1-11-9-16(28-27-11)24-18-13-5-3-4-6-14(13)23-19(26-18)17(25-20(29)30-2)15-8-7-12(21)10-22-15/h3-10,17H,1-2H3,(H,25,29)(H2,23,24,26,27,28). The van der Waals surface area contributed by atoms with Gasteiger partial charge in [0.1, 0.15) is 17.7 Å². The van der Waals surface area contributed by atoms with Crippen molar-refractivity contribution in [2.75, 3.05) is 12.4 Å². The van der Waals surface area contributed by atoms with Crippen LogP contribution in [0.5, 0.6) is 0 Å². The van der Waals surface area contributed by atoms with Gasteiger partial charge in [0.2, 0.25) is 0 Å². The lowest BCUT2D eigenvalue weighted by Gasteiger charge is -2.18. The Morgan fingerprint density at radius 1 is 1.20 bits per heavy atom. The zero-order valence-electron chi connectivity index (χ0n) is 16.2. The van der Waals surface area contributed by atoms with E-state index >= 15 is 0 Å². The van der Waals surface area contributed by atoms with Crippen LogP contribution >= 0.6 is 0 Å². The highest BCUT2D eigenvalue weighted by Crippen LogP contribution is 2.27. The first-order valence-electron chi connectivity index (χ1n) is 9.05. The van der Waals surface area contributed by atoms with Crippen LogP contribution in [0.2, 0.25) is 0 Å². The minimum absolute atomic E-state index is 0.257. The molecule has 3 N–H and O–H groups in total. The van der Waals surface area contributed by atoms with Crippen LogP contribution in [-0.2, 0) is 4.74 Å². The summed E-state index contributed by atoms with van der Waals surface area (Å²) in [7, 11) is 1.25. The third kappa shape index (κ3) is 4.02. The van der Waals surface area contributed by atoms with Crippen molar-refractivity contribution in [2.45, 2.75) is 13.0 Å². The van der Waals surface area contributed by atoms with Crippen molar-refractivity contribution < 1.29 is 13.9 Å². The van der Waals surface area contributed by atoms with Gasteiger partial charge in [-0.05, 0) is 31.2 Å². The fourth-order valence-electron chi connectivity index (χ4n) is 2.93. The number of aryl methyl sites for hydroxylation is 1. The van der Waals surface area contributed by atoms with E-state index in [2.05, 4.69) is 35.8 Å². The van der Waals surface area contributed by atoms with Gasteiger partial charge in [0, 0.05) is 17.1 Å². The number of para-hydroxylation sites is 1. The number of hydrogen-bond acceptors (Lipinski definition) is 7. The van der Waals surface area contributed by atoms with E-state index in [1.807, 2.05) is 37.3 Å². The van der Waals surface area contributed by atoms with E-state index in [0.29, 0.717) is 22.8 Å². The van der Waals surface area contributed by atoms with Crippen LogP contribution in [0.3, 0.4) is 0 Å². The molecule has 152 valence electrons. The maximum atomic E-state index is 13.4. The van der Waals surface area contributed by atoms with E-state index < -0.39 is 18.0 Å². The lowest BCUT2D eigenvalue weighted by atomic mass is 10.1. The molecule has 3 heterocycles. The lowest BCUT2D eigenvalue weighted by Crippen LogP contribution is -2.31. The van der Waals surface area contributed by atoms with Crippen LogP contribution in [0.1, 0.15) is 23.3 Å². The van der Waals surface area contributed by atoms with E-state index in [1.54, 1.807) is 0 Å². The molecular weight excluding hydrogens is 389 g/mol. The summed E-state index contributed by atoms with van der Waals surface area (Å²) in [6.07, 6.45) is 0.369. The van der Waals surface area contributed by atoms with Crippen molar-refractivity contribution in [3.63, 3.8) is 0 Å². The summed E-state index contributed by atoms with van der Waals surface area (Å²) in [6.45, 7) is 1.89. The van der Waals surface area contributed by atoms with Gasteiger partial charge in [0.15, 0.2) is 11.6 Å². The highest BCUT2D eigenvalue weighted by molar-refractivity contribution is 5.90. The summed E-state index contributed by atoms with van der Waals surface area (Å²) in [4.78, 5) is 25.2. The molecule has 0 aliphatic rings. The number of carbonyl (C=O) groups excluding carboxylic acids is 1. The number of methoxy groups -OCH3 is 1. The van der Waals surface area contributed by atoms with Gasteiger partial charge in [-0.15, -0.1) is 0 Å². The van der Waals surface area contributed by atoms with Gasteiger partial charge in [0.05, 0.1) is 24.5 Å². The Kier molecular flexibility index (Phi) is 5.21. The number of amides is 1. The summed E-state index contributed by atoms with van der Waals surface area (Å²) in [5.74, 6) is 0.847. The summed E-state index contributed by atoms with van der Waals surface area (Å²) in [6, 6.07) is 11.1. The molecule has 0 bridgehead atoms. The number of ether oxygens (including phenoxy) is 1. The molecule has 4 aromatic rings. The van der Waals surface area contributed by atoms with Gasteiger partial charge in [-0.3, -0.25) is 10.1 Å². The van der Waals surface area contributed by atoms with Gasteiger partial charge in [-0.1, -0.05) is 12.1 Å². The van der Waals surface area contributed by atoms with E-state index in [-0.39, 0.29) is 5.82 Å². The number of rotatable bonds is 5. The van der Waals surface area contributed by atoms with Crippen molar-refractivity contribution in [3.05, 3.63) is 71.7 Å². The number of H-pyrrole nitrogens is 1. The minimum Gasteiger partial charge on any atom is -0.453 e. The molecule has 0 saturated heterocycles. The highest BCUT2D eigenvalue weighted by atomic mass is 19.1. The third-order valence-electron chi connectivity index (χ3n) is 4.32. The van der Waals surface area contributed by atoms with Gasteiger partial charge < -0.3 is 15.4 Å². The molecule has 1 unspecified atom stereocenters. The van der Waals surface area contributed by atoms with Gasteiger partial charge in [-0.25, -0.2) is 19.2 Å². The Bertz CT molecular complexity index is 1190. The number of benzene rings is 1. The molecule has 4 rings (SSSR count). The molecule has 0 spiro atoms. The highest BCUT2D eigenvalue weighted by Gasteiger charge is 2.23. The van der Waals surface area contributed by atoms with Crippen molar-refractivity contribution in [2.24, 2.45) is 0 Å². The number of anilines is 2. The van der Waals surface area contributed by atoms with Crippen LogP contribution in [-0.4, -0.2) is 38.4 Å². The first-order valence-corrected chi connectivity index (χ1v) is 9.05. The number of nitrogens with one attached hydrogen (secondary N) is 3. The van der Waals surface area contributed by atoms with Gasteiger partial charge >= 0.3 is 6.09 Å². The molecule has 0 saturated carbocycles. The number of nitrogens with zero attached hydrogens (tertiary/aromatic N) is 4. The monoisotopic (exact) mass is 407 g/mol. The Morgan fingerprint density at radius 3 is 2.73 bits per heavy atom. The average Bonchev–Trinajstić information content (AvgIpc) is 3.17. The maximum Gasteiger partial charge on any atom is 0.407 e. The van der Waals surface area contributed by atoms with Crippen molar-refractivity contribution in [3.8, 4) is 0 Å². The molecule has 1 amide bonds. The van der Waals surface area contributed by atoms with E-state index in [0.717, 1.165) is 17.3 Å². The van der Waals surface area contributed by atoms with Crippen LogP contribution < -0.4 is 10.6 Å². The third-order valence-corrected chi connectivity index (χ3v) is 4.32. The first-order chi connectivity index (χ1) is 14.5. The van der Waals surface area contributed by atoms with Crippen molar-refractivity contribution in [1.29, 1.82) is 0 Å². The summed E-state index contributed by atoms with van der Waals surface area (Å²) >= 11 is 0. The molecule has 9 nitrogen and oxygen atoms in total. The molecule has 0 radical (unpaired) electrons. The summed E-state index contributed by atoms with van der Waals surface area (Å²) in [5.41, 5.74) is 1.89. The topological polar surface area (TPSA) is 118 Å². The second kappa shape index (κ2) is 8.11. The Balaban J connectivity index is 1.83. The predicted octanol–water partition coefficient (Wildman–Crippen LogP) is 3.38. The van der Waals surface area contributed by atoms with Crippen molar-refractivity contribution >= 4 is 28.6 Å². The normalized spacial score (nSPS) is 11.8. The lowest BCUT2D eigenvalue weighted by molar-refractivity contribution is 0.167. The molecule has 1 atom stereocenters. The molecule has 1 aromatic carbocycles. The number of aromatic amines is 1. The zero-order chi connectivity index (χ0) is 21.1. The van der Waals surface area contributed by atoms with E-state index in [1.165, 1.54) is 19.2 Å². The second-order valence-corrected chi connectivity index (χ2v) is 6.48. The quantitative estimate of drug-likeness (QED) is 0.464. The van der Waals surface area contributed by atoms with Crippen LogP contribution in [0.4, 0.5) is 20.8 Å². The largest absolute Gasteiger partial charge is 0.453 e. The van der Waals surface area contributed by atoms with Gasteiger partial charge in [-0.2, -0.15) is 5.10 Å². The number of pyridine rings is 1. The van der Waals surface area contributed by atoms with Crippen LogP contribution in [0, 0.1) is 12.7 Å². The minimum atomic E-state index is -0.857. The molecule has 0 aliphatic heterocycles.